The lowest BCUT2D eigenvalue weighted by atomic mass is 10.1. The van der Waals surface area contributed by atoms with Gasteiger partial charge in [0.2, 0.25) is 0 Å². The molecule has 0 saturated heterocycles. The molecule has 0 aliphatic heterocycles. The highest BCUT2D eigenvalue weighted by molar-refractivity contribution is 6.31. The van der Waals surface area contributed by atoms with E-state index in [1.54, 1.807) is 0 Å². The fourth-order valence-electron chi connectivity index (χ4n) is 1.51. The van der Waals surface area contributed by atoms with Crippen LogP contribution in [0.2, 0.25) is 5.02 Å². The van der Waals surface area contributed by atoms with Crippen LogP contribution in [0.5, 0.6) is 5.75 Å². The third-order valence-electron chi connectivity index (χ3n) is 2.24. The second kappa shape index (κ2) is 5.19. The van der Waals surface area contributed by atoms with Crippen LogP contribution in [0.25, 0.3) is 11.3 Å². The third kappa shape index (κ3) is 2.79. The Labute approximate surface area is 110 Å². The summed E-state index contributed by atoms with van der Waals surface area (Å²) in [7, 11) is 0. The molecule has 0 aliphatic rings. The molecule has 0 unspecified atom stereocenters. The number of hydrogen-bond acceptors (Lipinski definition) is 4. The molecule has 0 aliphatic carbocycles. The number of nitrogens with zero attached hydrogens (tertiary/aromatic N) is 2. The maximum Gasteiger partial charge on any atom is 0.387 e. The van der Waals surface area contributed by atoms with E-state index < -0.39 is 11.5 Å². The van der Waals surface area contributed by atoms with Gasteiger partial charge in [0.15, 0.2) is 0 Å². The van der Waals surface area contributed by atoms with Gasteiger partial charge in [-0.05, 0) is 18.2 Å². The van der Waals surface area contributed by atoms with Crippen molar-refractivity contribution >= 4 is 17.3 Å². The molecular weight excluding hydrogens is 284 g/mol. The molecule has 19 heavy (non-hydrogen) atoms. The highest BCUT2D eigenvalue weighted by Crippen LogP contribution is 2.36. The van der Waals surface area contributed by atoms with Gasteiger partial charge in [0.1, 0.15) is 17.6 Å². The van der Waals surface area contributed by atoms with Gasteiger partial charge in [0.25, 0.3) is 0 Å². The van der Waals surface area contributed by atoms with Crippen LogP contribution in [0.15, 0.2) is 24.4 Å². The van der Waals surface area contributed by atoms with Crippen LogP contribution >= 0.6 is 11.6 Å². The summed E-state index contributed by atoms with van der Waals surface area (Å²) >= 11 is 5.75. The summed E-state index contributed by atoms with van der Waals surface area (Å²) < 4.78 is 28.9. The summed E-state index contributed by atoms with van der Waals surface area (Å²) in [6, 6.07) is 3.82. The van der Waals surface area contributed by atoms with Crippen molar-refractivity contribution in [2.45, 2.75) is 6.61 Å². The molecule has 1 aromatic heterocycles. The van der Waals surface area contributed by atoms with Crippen LogP contribution in [-0.4, -0.2) is 21.7 Å². The summed E-state index contributed by atoms with van der Waals surface area (Å²) in [5, 5.41) is 16.9. The molecule has 1 heterocycles. The molecule has 0 amide bonds. The predicted octanol–water partition coefficient (Wildman–Crippen LogP) is 3.24. The Morgan fingerprint density at radius 3 is 2.84 bits per heavy atom. The van der Waals surface area contributed by atoms with Crippen LogP contribution in [0.1, 0.15) is 0 Å². The Morgan fingerprint density at radius 2 is 2.21 bits per heavy atom. The van der Waals surface area contributed by atoms with E-state index in [2.05, 4.69) is 14.9 Å². The predicted molar refractivity (Wildman–Crippen MR) is 62.3 cm³/mol. The van der Waals surface area contributed by atoms with Gasteiger partial charge in [0.05, 0.1) is 10.5 Å². The van der Waals surface area contributed by atoms with E-state index in [0.29, 0.717) is 0 Å². The van der Waals surface area contributed by atoms with Crippen molar-refractivity contribution in [1.29, 1.82) is 0 Å². The minimum absolute atomic E-state index is 0.0389. The van der Waals surface area contributed by atoms with Crippen LogP contribution in [0.4, 0.5) is 14.5 Å². The van der Waals surface area contributed by atoms with Crippen LogP contribution < -0.4 is 4.74 Å². The van der Waals surface area contributed by atoms with Crippen molar-refractivity contribution in [2.75, 3.05) is 0 Å². The summed E-state index contributed by atoms with van der Waals surface area (Å²) in [5.74, 6) is -0.230. The van der Waals surface area contributed by atoms with Crippen LogP contribution in [0.3, 0.4) is 0 Å². The molecule has 6 nitrogen and oxygen atoms in total. The molecule has 100 valence electrons. The van der Waals surface area contributed by atoms with Crippen molar-refractivity contribution < 1.29 is 18.4 Å². The Balaban J connectivity index is 2.56. The lowest BCUT2D eigenvalue weighted by molar-refractivity contribution is -0.384. The Morgan fingerprint density at radius 1 is 1.47 bits per heavy atom. The first kappa shape index (κ1) is 13.2. The lowest BCUT2D eigenvalue weighted by Crippen LogP contribution is -2.03. The number of halogens is 3. The number of benzene rings is 1. The lowest BCUT2D eigenvalue weighted by Gasteiger charge is -2.09. The van der Waals surface area contributed by atoms with Crippen molar-refractivity contribution in [3.05, 3.63) is 39.5 Å². The number of aromatic nitrogens is 2. The number of ether oxygens (including phenoxy) is 1. The molecule has 1 aromatic carbocycles. The molecule has 2 aromatic rings. The summed E-state index contributed by atoms with van der Waals surface area (Å²) in [6.45, 7) is -3.05. The second-order valence-electron chi connectivity index (χ2n) is 3.41. The first-order chi connectivity index (χ1) is 8.99. The molecule has 0 atom stereocenters. The van der Waals surface area contributed by atoms with Crippen LogP contribution in [0, 0.1) is 10.1 Å². The largest absolute Gasteiger partial charge is 0.434 e. The molecule has 0 saturated carbocycles. The van der Waals surface area contributed by atoms with E-state index in [4.69, 9.17) is 11.6 Å². The Hall–Kier alpha value is -2.22. The number of nitro groups is 1. The number of hydrogen-bond donors (Lipinski definition) is 1. The minimum Gasteiger partial charge on any atom is -0.434 e. The number of H-pyrrole nitrogens is 1. The maximum absolute atomic E-state index is 12.3. The van der Waals surface area contributed by atoms with Gasteiger partial charge in [-0.15, -0.1) is 0 Å². The van der Waals surface area contributed by atoms with Crippen molar-refractivity contribution in [3.8, 4) is 17.0 Å². The van der Waals surface area contributed by atoms with E-state index in [-0.39, 0.29) is 27.7 Å². The van der Waals surface area contributed by atoms with E-state index in [1.165, 1.54) is 18.2 Å². The fourth-order valence-corrected chi connectivity index (χ4v) is 1.68. The average Bonchev–Trinajstić information content (AvgIpc) is 2.79. The van der Waals surface area contributed by atoms with Gasteiger partial charge in [-0.25, -0.2) is 0 Å². The molecule has 2 rings (SSSR count). The number of aromatic amines is 1. The highest BCUT2D eigenvalue weighted by Gasteiger charge is 2.22. The van der Waals surface area contributed by atoms with Crippen molar-refractivity contribution in [3.63, 3.8) is 0 Å². The summed E-state index contributed by atoms with van der Waals surface area (Å²) in [5.41, 5.74) is -0.374. The quantitative estimate of drug-likeness (QED) is 0.692. The van der Waals surface area contributed by atoms with E-state index >= 15 is 0 Å². The monoisotopic (exact) mass is 289 g/mol. The molecular formula is C10H6ClF2N3O3. The molecule has 1 N–H and O–H groups in total. The van der Waals surface area contributed by atoms with Crippen molar-refractivity contribution in [1.82, 2.24) is 10.2 Å². The first-order valence-electron chi connectivity index (χ1n) is 4.91. The zero-order valence-electron chi connectivity index (χ0n) is 9.14. The number of alkyl halides is 2. The van der Waals surface area contributed by atoms with Crippen LogP contribution in [-0.2, 0) is 0 Å². The zero-order chi connectivity index (χ0) is 14.0. The molecule has 9 heteroatoms. The van der Waals surface area contributed by atoms with Gasteiger partial charge >= 0.3 is 12.3 Å². The third-order valence-corrected chi connectivity index (χ3v) is 2.48. The number of rotatable bonds is 4. The summed E-state index contributed by atoms with van der Waals surface area (Å²) in [6.07, 6.45) is 0.975. The second-order valence-corrected chi connectivity index (χ2v) is 3.84. The minimum atomic E-state index is -3.05. The van der Waals surface area contributed by atoms with E-state index in [0.717, 1.165) is 6.20 Å². The molecule has 0 radical (unpaired) electrons. The van der Waals surface area contributed by atoms with Gasteiger partial charge in [-0.2, -0.15) is 13.9 Å². The topological polar surface area (TPSA) is 81.0 Å². The van der Waals surface area contributed by atoms with E-state index in [9.17, 15) is 18.9 Å². The molecule has 0 spiro atoms. The van der Waals surface area contributed by atoms with Gasteiger partial charge < -0.3 is 4.74 Å². The summed E-state index contributed by atoms with van der Waals surface area (Å²) in [4.78, 5) is 10.1. The fraction of sp³-hybridized carbons (Fsp3) is 0.100. The Bertz CT molecular complexity index is 618. The number of nitrogens with one attached hydrogen (secondary N) is 1. The zero-order valence-corrected chi connectivity index (χ0v) is 9.90. The maximum atomic E-state index is 12.3. The highest BCUT2D eigenvalue weighted by atomic mass is 35.5. The van der Waals surface area contributed by atoms with Gasteiger partial charge in [-0.1, -0.05) is 11.6 Å². The van der Waals surface area contributed by atoms with Gasteiger partial charge in [-0.3, -0.25) is 15.2 Å². The Kier molecular flexibility index (Phi) is 3.61. The first-order valence-corrected chi connectivity index (χ1v) is 5.29. The SMILES string of the molecule is O=[N+]([O-])c1cn[nH]c1-c1cc(Cl)ccc1OC(F)F. The molecule has 0 fully saturated rings. The smallest absolute Gasteiger partial charge is 0.387 e. The van der Waals surface area contributed by atoms with Crippen molar-refractivity contribution in [2.24, 2.45) is 0 Å². The normalized spacial score (nSPS) is 10.7. The van der Waals surface area contributed by atoms with Gasteiger partial charge in [0, 0.05) is 5.02 Å². The standard InChI is InChI=1S/C10H6ClF2N3O3/c11-5-1-2-8(19-10(12)13)6(3-5)9-7(16(17)18)4-14-15-9/h1-4,10H,(H,14,15). The van der Waals surface area contributed by atoms with E-state index in [1.807, 2.05) is 0 Å². The molecule has 0 bridgehead atoms. The average molecular weight is 290 g/mol.